The Morgan fingerprint density at radius 1 is 1.22 bits per heavy atom. The van der Waals surface area contributed by atoms with Crippen LogP contribution in [0, 0.1) is 12.7 Å². The fourth-order valence-corrected chi connectivity index (χ4v) is 2.99. The number of ether oxygens (including phenoxy) is 2. The van der Waals surface area contributed by atoms with Gasteiger partial charge in [-0.1, -0.05) is 6.07 Å². The van der Waals surface area contributed by atoms with Gasteiger partial charge in [-0.2, -0.15) is 8.42 Å². The van der Waals surface area contributed by atoms with Gasteiger partial charge >= 0.3 is 0 Å². The van der Waals surface area contributed by atoms with Gasteiger partial charge in [-0.15, -0.1) is 0 Å². The van der Waals surface area contributed by atoms with Crippen molar-refractivity contribution < 1.29 is 26.8 Å². The number of hydrogen-bond acceptors (Lipinski definition) is 4. The van der Waals surface area contributed by atoms with Crippen LogP contribution in [0.4, 0.5) is 4.39 Å². The monoisotopic (exact) mass is 338 g/mol. The van der Waals surface area contributed by atoms with Gasteiger partial charge in [-0.3, -0.25) is 4.55 Å². The molecule has 2 aromatic carbocycles. The van der Waals surface area contributed by atoms with Gasteiger partial charge in [0.15, 0.2) is 11.5 Å². The SMILES string of the molecule is Cc1ccc(S(=O)(=O)O)cc1CC1COc2ccc(F)cc2O1. The molecule has 1 N–H and O–H groups in total. The normalized spacial score (nSPS) is 17.1. The van der Waals surface area contributed by atoms with E-state index in [1.54, 1.807) is 6.07 Å². The van der Waals surface area contributed by atoms with Crippen LogP contribution in [0.15, 0.2) is 41.3 Å². The minimum Gasteiger partial charge on any atom is -0.486 e. The molecule has 0 fully saturated rings. The number of rotatable bonds is 3. The number of aryl methyl sites for hydroxylation is 1. The second-order valence-corrected chi connectivity index (χ2v) is 6.83. The van der Waals surface area contributed by atoms with Crippen molar-refractivity contribution in [2.45, 2.75) is 24.3 Å². The van der Waals surface area contributed by atoms with Crippen LogP contribution in [0.2, 0.25) is 0 Å². The second kappa shape index (κ2) is 5.82. The van der Waals surface area contributed by atoms with Crippen LogP contribution in [0.3, 0.4) is 0 Å². The van der Waals surface area contributed by atoms with E-state index in [-0.39, 0.29) is 17.6 Å². The van der Waals surface area contributed by atoms with Gasteiger partial charge in [0, 0.05) is 12.5 Å². The van der Waals surface area contributed by atoms with Crippen molar-refractivity contribution >= 4 is 10.1 Å². The molecule has 1 atom stereocenters. The molecular weight excluding hydrogens is 323 g/mol. The average Bonchev–Trinajstić information content (AvgIpc) is 2.48. The molecule has 1 aliphatic rings. The van der Waals surface area contributed by atoms with E-state index in [1.807, 2.05) is 6.92 Å². The van der Waals surface area contributed by atoms with Crippen LogP contribution in [-0.2, 0) is 16.5 Å². The standard InChI is InChI=1S/C16H15FO5S/c1-10-2-4-14(23(18,19)20)7-11(10)6-13-9-21-15-5-3-12(17)8-16(15)22-13/h2-5,7-8,13H,6,9H2,1H3,(H,18,19,20). The molecule has 0 radical (unpaired) electrons. The lowest BCUT2D eigenvalue weighted by Crippen LogP contribution is -2.31. The van der Waals surface area contributed by atoms with Gasteiger partial charge in [0.2, 0.25) is 0 Å². The molecule has 5 nitrogen and oxygen atoms in total. The number of hydrogen-bond donors (Lipinski definition) is 1. The topological polar surface area (TPSA) is 72.8 Å². The van der Waals surface area contributed by atoms with Crippen LogP contribution in [0.1, 0.15) is 11.1 Å². The fraction of sp³-hybridized carbons (Fsp3) is 0.250. The molecular formula is C16H15FO5S. The molecule has 2 aromatic rings. The quantitative estimate of drug-likeness (QED) is 0.871. The van der Waals surface area contributed by atoms with Crippen molar-refractivity contribution in [1.82, 2.24) is 0 Å². The summed E-state index contributed by atoms with van der Waals surface area (Å²) in [5.74, 6) is 0.383. The predicted octanol–water partition coefficient (Wildman–Crippen LogP) is 2.76. The van der Waals surface area contributed by atoms with Crippen molar-refractivity contribution in [2.75, 3.05) is 6.61 Å². The van der Waals surface area contributed by atoms with Crippen molar-refractivity contribution in [3.8, 4) is 11.5 Å². The number of halogens is 1. The number of benzene rings is 2. The molecule has 0 spiro atoms. The third-order valence-electron chi connectivity index (χ3n) is 3.69. The van der Waals surface area contributed by atoms with E-state index >= 15 is 0 Å². The summed E-state index contributed by atoms with van der Waals surface area (Å²) in [6.07, 6.45) is 0.00478. The van der Waals surface area contributed by atoms with Gasteiger partial charge in [0.25, 0.3) is 10.1 Å². The average molecular weight is 338 g/mol. The van der Waals surface area contributed by atoms with Gasteiger partial charge in [-0.25, -0.2) is 4.39 Å². The van der Waals surface area contributed by atoms with E-state index in [0.717, 1.165) is 5.56 Å². The van der Waals surface area contributed by atoms with E-state index < -0.39 is 15.9 Å². The maximum atomic E-state index is 13.3. The van der Waals surface area contributed by atoms with Crippen LogP contribution in [0.5, 0.6) is 11.5 Å². The van der Waals surface area contributed by atoms with Crippen LogP contribution < -0.4 is 9.47 Å². The highest BCUT2D eigenvalue weighted by Gasteiger charge is 2.23. The zero-order valence-electron chi connectivity index (χ0n) is 12.3. The lowest BCUT2D eigenvalue weighted by Gasteiger charge is -2.27. The molecule has 1 heterocycles. The van der Waals surface area contributed by atoms with E-state index in [9.17, 15) is 12.8 Å². The van der Waals surface area contributed by atoms with Gasteiger partial charge in [-0.05, 0) is 42.3 Å². The Hall–Kier alpha value is -2.12. The lowest BCUT2D eigenvalue weighted by atomic mass is 10.0. The Morgan fingerprint density at radius 3 is 2.74 bits per heavy atom. The molecule has 23 heavy (non-hydrogen) atoms. The first kappa shape index (κ1) is 15.8. The minimum absolute atomic E-state index is 0.165. The van der Waals surface area contributed by atoms with Crippen molar-refractivity contribution in [3.63, 3.8) is 0 Å². The third kappa shape index (κ3) is 3.46. The highest BCUT2D eigenvalue weighted by molar-refractivity contribution is 7.85. The summed E-state index contributed by atoms with van der Waals surface area (Å²) < 4.78 is 56.2. The summed E-state index contributed by atoms with van der Waals surface area (Å²) in [7, 11) is -4.26. The number of fused-ring (bicyclic) bond motifs is 1. The van der Waals surface area contributed by atoms with Crippen molar-refractivity contribution in [3.05, 3.63) is 53.3 Å². The van der Waals surface area contributed by atoms with Gasteiger partial charge in [0.1, 0.15) is 18.5 Å². The fourth-order valence-electron chi connectivity index (χ4n) is 2.46. The maximum Gasteiger partial charge on any atom is 0.294 e. The first-order valence-corrected chi connectivity index (χ1v) is 8.43. The minimum atomic E-state index is -4.26. The summed E-state index contributed by atoms with van der Waals surface area (Å²) in [6, 6.07) is 8.43. The summed E-state index contributed by atoms with van der Waals surface area (Å²) in [6.45, 7) is 2.11. The van der Waals surface area contributed by atoms with E-state index in [4.69, 9.17) is 14.0 Å². The summed E-state index contributed by atoms with van der Waals surface area (Å²) in [5.41, 5.74) is 1.58. The Labute approximate surface area is 133 Å². The molecule has 0 aromatic heterocycles. The summed E-state index contributed by atoms with van der Waals surface area (Å²) in [5, 5.41) is 0. The summed E-state index contributed by atoms with van der Waals surface area (Å²) >= 11 is 0. The highest BCUT2D eigenvalue weighted by Crippen LogP contribution is 2.33. The van der Waals surface area contributed by atoms with E-state index in [2.05, 4.69) is 0 Å². The molecule has 3 rings (SSSR count). The van der Waals surface area contributed by atoms with Crippen molar-refractivity contribution in [1.29, 1.82) is 0 Å². The Morgan fingerprint density at radius 2 is 2.00 bits per heavy atom. The summed E-state index contributed by atoms with van der Waals surface area (Å²) in [4.78, 5) is -0.165. The zero-order chi connectivity index (χ0) is 16.6. The maximum absolute atomic E-state index is 13.3. The van der Waals surface area contributed by atoms with Gasteiger partial charge < -0.3 is 9.47 Å². The molecule has 1 unspecified atom stereocenters. The molecule has 0 aliphatic carbocycles. The lowest BCUT2D eigenvalue weighted by molar-refractivity contribution is 0.0906. The molecule has 0 bridgehead atoms. The predicted molar refractivity (Wildman–Crippen MR) is 81.0 cm³/mol. The Kier molecular flexibility index (Phi) is 3.99. The molecule has 0 saturated carbocycles. The largest absolute Gasteiger partial charge is 0.486 e. The highest BCUT2D eigenvalue weighted by atomic mass is 32.2. The van der Waals surface area contributed by atoms with Crippen LogP contribution in [0.25, 0.3) is 0 Å². The molecule has 7 heteroatoms. The van der Waals surface area contributed by atoms with Crippen molar-refractivity contribution in [2.24, 2.45) is 0 Å². The molecule has 1 aliphatic heterocycles. The van der Waals surface area contributed by atoms with Crippen LogP contribution >= 0.6 is 0 Å². The Balaban J connectivity index is 1.83. The van der Waals surface area contributed by atoms with Gasteiger partial charge in [0.05, 0.1) is 4.90 Å². The molecule has 0 saturated heterocycles. The zero-order valence-corrected chi connectivity index (χ0v) is 13.1. The third-order valence-corrected chi connectivity index (χ3v) is 4.54. The molecule has 0 amide bonds. The smallest absolute Gasteiger partial charge is 0.294 e. The second-order valence-electron chi connectivity index (χ2n) is 5.41. The first-order chi connectivity index (χ1) is 10.8. The Bertz CT molecular complexity index is 848. The van der Waals surface area contributed by atoms with E-state index in [0.29, 0.717) is 23.5 Å². The van der Waals surface area contributed by atoms with Crippen LogP contribution in [-0.4, -0.2) is 25.7 Å². The first-order valence-electron chi connectivity index (χ1n) is 6.99. The molecule has 122 valence electrons. The van der Waals surface area contributed by atoms with E-state index in [1.165, 1.54) is 30.3 Å².